The molecule has 0 aromatic heterocycles. The van der Waals surface area contributed by atoms with Crippen molar-refractivity contribution in [2.45, 2.75) is 51.6 Å². The van der Waals surface area contributed by atoms with Crippen LogP contribution >= 0.6 is 0 Å². The van der Waals surface area contributed by atoms with Crippen LogP contribution in [-0.2, 0) is 19.1 Å². The van der Waals surface area contributed by atoms with Crippen LogP contribution in [0.5, 0.6) is 0 Å². The van der Waals surface area contributed by atoms with Crippen LogP contribution in [0.3, 0.4) is 0 Å². The predicted octanol–water partition coefficient (Wildman–Crippen LogP) is 1.96. The molecule has 2 aliphatic rings. The van der Waals surface area contributed by atoms with Crippen molar-refractivity contribution in [1.29, 1.82) is 0 Å². The molecule has 2 rings (SSSR count). The fourth-order valence-electron chi connectivity index (χ4n) is 3.21. The van der Waals surface area contributed by atoms with Gasteiger partial charge in [-0.25, -0.2) is 4.79 Å². The number of methoxy groups -OCH3 is 1. The molecule has 118 valence electrons. The molecule has 1 N–H and O–H groups in total. The lowest BCUT2D eigenvalue weighted by molar-refractivity contribution is -0.150. The number of carbonyl (C=O) groups excluding carboxylic acids is 2. The van der Waals surface area contributed by atoms with E-state index in [1.807, 2.05) is 0 Å². The van der Waals surface area contributed by atoms with Gasteiger partial charge in [-0.3, -0.25) is 4.79 Å². The van der Waals surface area contributed by atoms with Crippen molar-refractivity contribution in [3.8, 4) is 0 Å². The van der Waals surface area contributed by atoms with E-state index in [4.69, 9.17) is 9.47 Å². The summed E-state index contributed by atoms with van der Waals surface area (Å²) >= 11 is 0. The van der Waals surface area contributed by atoms with Gasteiger partial charge in [-0.2, -0.15) is 0 Å². The standard InChI is InChI=1S/C16H25NO4/c1-11-5-7-16(8-6-11)13(12(2)15(19)21-16)14(18)17-9-4-10-20-3/h11H,4-10H2,1-3H3,(H,17,18). The topological polar surface area (TPSA) is 64.6 Å². The summed E-state index contributed by atoms with van der Waals surface area (Å²) in [6.45, 7) is 5.05. The summed E-state index contributed by atoms with van der Waals surface area (Å²) in [6.07, 6.45) is 4.23. The van der Waals surface area contributed by atoms with Crippen molar-refractivity contribution < 1.29 is 19.1 Å². The van der Waals surface area contributed by atoms with E-state index in [1.54, 1.807) is 14.0 Å². The number of nitrogens with one attached hydrogen (secondary N) is 1. The smallest absolute Gasteiger partial charge is 0.335 e. The van der Waals surface area contributed by atoms with Gasteiger partial charge in [0.05, 0.1) is 5.57 Å². The SMILES string of the molecule is COCCCNC(=O)C1=C(C)C(=O)OC12CCC(C)CC2. The second-order valence-corrected chi connectivity index (χ2v) is 6.17. The molecule has 0 radical (unpaired) electrons. The first-order valence-electron chi connectivity index (χ1n) is 7.72. The molecular formula is C16H25NO4. The maximum absolute atomic E-state index is 12.5. The van der Waals surface area contributed by atoms with Gasteiger partial charge in [-0.1, -0.05) is 6.92 Å². The third kappa shape index (κ3) is 3.28. The Kier molecular flexibility index (Phi) is 5.04. The van der Waals surface area contributed by atoms with Gasteiger partial charge in [0.1, 0.15) is 5.60 Å². The Hall–Kier alpha value is -1.36. The van der Waals surface area contributed by atoms with Gasteiger partial charge < -0.3 is 14.8 Å². The maximum atomic E-state index is 12.5. The normalized spacial score (nSPS) is 28.9. The van der Waals surface area contributed by atoms with Crippen LogP contribution in [0, 0.1) is 5.92 Å². The minimum Gasteiger partial charge on any atom is -0.451 e. The minimum absolute atomic E-state index is 0.163. The lowest BCUT2D eigenvalue weighted by atomic mass is 9.75. The summed E-state index contributed by atoms with van der Waals surface area (Å²) in [5.74, 6) is 0.122. The van der Waals surface area contributed by atoms with E-state index in [-0.39, 0.29) is 11.9 Å². The lowest BCUT2D eigenvalue weighted by Crippen LogP contribution is -2.42. The Morgan fingerprint density at radius 1 is 1.43 bits per heavy atom. The summed E-state index contributed by atoms with van der Waals surface area (Å²) in [4.78, 5) is 24.4. The quantitative estimate of drug-likeness (QED) is 0.622. The number of hydrogen-bond acceptors (Lipinski definition) is 4. The average Bonchev–Trinajstić information content (AvgIpc) is 2.70. The van der Waals surface area contributed by atoms with E-state index >= 15 is 0 Å². The first-order chi connectivity index (χ1) is 10.00. The predicted molar refractivity (Wildman–Crippen MR) is 78.7 cm³/mol. The van der Waals surface area contributed by atoms with Gasteiger partial charge in [0.2, 0.25) is 0 Å². The third-order valence-corrected chi connectivity index (χ3v) is 4.54. The fraction of sp³-hybridized carbons (Fsp3) is 0.750. The number of hydrogen-bond donors (Lipinski definition) is 1. The molecule has 1 fully saturated rings. The Morgan fingerprint density at radius 3 is 2.71 bits per heavy atom. The molecule has 1 amide bonds. The molecule has 0 bridgehead atoms. The Labute approximate surface area is 126 Å². The van der Waals surface area contributed by atoms with Gasteiger partial charge in [-0.05, 0) is 44.9 Å². The van der Waals surface area contributed by atoms with Gasteiger partial charge in [-0.15, -0.1) is 0 Å². The highest BCUT2D eigenvalue weighted by Crippen LogP contribution is 2.45. The van der Waals surface area contributed by atoms with Crippen molar-refractivity contribution in [2.24, 2.45) is 5.92 Å². The maximum Gasteiger partial charge on any atom is 0.335 e. The van der Waals surface area contributed by atoms with Crippen molar-refractivity contribution in [3.05, 3.63) is 11.1 Å². The first kappa shape index (κ1) is 16.0. The van der Waals surface area contributed by atoms with Gasteiger partial charge in [0.15, 0.2) is 0 Å². The van der Waals surface area contributed by atoms with Crippen LogP contribution in [0.4, 0.5) is 0 Å². The molecule has 1 heterocycles. The summed E-state index contributed by atoms with van der Waals surface area (Å²) < 4.78 is 10.6. The van der Waals surface area contributed by atoms with Crippen LogP contribution in [-0.4, -0.2) is 37.7 Å². The molecule has 0 aromatic rings. The van der Waals surface area contributed by atoms with E-state index < -0.39 is 5.60 Å². The Balaban J connectivity index is 2.09. The van der Waals surface area contributed by atoms with E-state index in [2.05, 4.69) is 12.2 Å². The molecule has 21 heavy (non-hydrogen) atoms. The monoisotopic (exact) mass is 295 g/mol. The minimum atomic E-state index is -0.682. The molecule has 1 saturated carbocycles. The number of esters is 1. The molecule has 0 saturated heterocycles. The van der Waals surface area contributed by atoms with Crippen LogP contribution in [0.2, 0.25) is 0 Å². The molecule has 5 heteroatoms. The highest BCUT2D eigenvalue weighted by Gasteiger charge is 2.50. The van der Waals surface area contributed by atoms with Crippen LogP contribution in [0.25, 0.3) is 0 Å². The van der Waals surface area contributed by atoms with Crippen molar-refractivity contribution in [1.82, 2.24) is 5.32 Å². The second-order valence-electron chi connectivity index (χ2n) is 6.17. The second kappa shape index (κ2) is 6.60. The zero-order chi connectivity index (χ0) is 15.5. The number of ether oxygens (including phenoxy) is 2. The van der Waals surface area contributed by atoms with E-state index in [0.29, 0.717) is 30.2 Å². The molecule has 1 aliphatic carbocycles. The molecule has 0 aromatic carbocycles. The molecular weight excluding hydrogens is 270 g/mol. The van der Waals surface area contributed by atoms with Gasteiger partial charge >= 0.3 is 5.97 Å². The van der Waals surface area contributed by atoms with Gasteiger partial charge in [0, 0.05) is 25.8 Å². The summed E-state index contributed by atoms with van der Waals surface area (Å²) in [7, 11) is 1.64. The van der Waals surface area contributed by atoms with E-state index in [1.165, 1.54) is 0 Å². The van der Waals surface area contributed by atoms with E-state index in [9.17, 15) is 9.59 Å². The molecule has 0 unspecified atom stereocenters. The molecule has 0 atom stereocenters. The van der Waals surface area contributed by atoms with Gasteiger partial charge in [0.25, 0.3) is 5.91 Å². The summed E-state index contributed by atoms with van der Waals surface area (Å²) in [5.41, 5.74) is 0.338. The first-order valence-corrected chi connectivity index (χ1v) is 7.72. The van der Waals surface area contributed by atoms with Crippen LogP contribution in [0.15, 0.2) is 11.1 Å². The molecule has 5 nitrogen and oxygen atoms in total. The number of amides is 1. The Morgan fingerprint density at radius 2 is 2.10 bits per heavy atom. The van der Waals surface area contributed by atoms with Crippen molar-refractivity contribution in [2.75, 3.05) is 20.3 Å². The highest BCUT2D eigenvalue weighted by atomic mass is 16.6. The average molecular weight is 295 g/mol. The highest BCUT2D eigenvalue weighted by molar-refractivity contribution is 6.07. The fourth-order valence-corrected chi connectivity index (χ4v) is 3.21. The zero-order valence-electron chi connectivity index (χ0n) is 13.2. The summed E-state index contributed by atoms with van der Waals surface area (Å²) in [6, 6.07) is 0. The molecule has 1 aliphatic heterocycles. The zero-order valence-corrected chi connectivity index (χ0v) is 13.2. The number of rotatable bonds is 5. The largest absolute Gasteiger partial charge is 0.451 e. The van der Waals surface area contributed by atoms with Crippen molar-refractivity contribution >= 4 is 11.9 Å². The van der Waals surface area contributed by atoms with Crippen molar-refractivity contribution in [3.63, 3.8) is 0 Å². The molecule has 1 spiro atoms. The lowest BCUT2D eigenvalue weighted by Gasteiger charge is -2.36. The van der Waals surface area contributed by atoms with E-state index in [0.717, 1.165) is 32.1 Å². The Bertz CT molecular complexity index is 447. The third-order valence-electron chi connectivity index (χ3n) is 4.54. The summed E-state index contributed by atoms with van der Waals surface area (Å²) in [5, 5.41) is 2.88. The number of carbonyl (C=O) groups is 2. The van der Waals surface area contributed by atoms with Crippen LogP contribution in [0.1, 0.15) is 46.0 Å². The van der Waals surface area contributed by atoms with Crippen LogP contribution < -0.4 is 5.32 Å².